The molecule has 1 fully saturated rings. The molecule has 3 N–H and O–H groups in total. The monoisotopic (exact) mass is 389 g/mol. The molecular weight excluding hydrogens is 369 g/mol. The van der Waals surface area contributed by atoms with Crippen molar-refractivity contribution in [2.24, 2.45) is 5.73 Å². The van der Waals surface area contributed by atoms with E-state index < -0.39 is 29.7 Å². The number of carbonyl (C=O) groups excluding carboxylic acids is 3. The Morgan fingerprint density at radius 2 is 1.96 bits per heavy atom. The maximum atomic E-state index is 13.5. The second-order valence-electron chi connectivity index (χ2n) is 6.28. The van der Waals surface area contributed by atoms with Gasteiger partial charge in [0.2, 0.25) is 0 Å². The maximum Gasteiger partial charge on any atom is 0.278 e. The van der Waals surface area contributed by atoms with E-state index in [2.05, 4.69) is 10.5 Å². The maximum absolute atomic E-state index is 13.5. The van der Waals surface area contributed by atoms with Crippen molar-refractivity contribution in [3.05, 3.63) is 53.2 Å². The molecule has 1 unspecified atom stereocenters. The van der Waals surface area contributed by atoms with Gasteiger partial charge in [-0.2, -0.15) is 0 Å². The smallest absolute Gasteiger partial charge is 0.278 e. The number of carbonyl (C=O) groups is 3. The summed E-state index contributed by atoms with van der Waals surface area (Å²) in [7, 11) is 0. The van der Waals surface area contributed by atoms with Crippen LogP contribution in [0.5, 0.6) is 0 Å². The summed E-state index contributed by atoms with van der Waals surface area (Å²) < 4.78 is 18.4. The molecule has 1 aromatic heterocycles. The number of aromatic nitrogens is 1. The molecule has 28 heavy (non-hydrogen) atoms. The van der Waals surface area contributed by atoms with E-state index in [0.717, 1.165) is 6.07 Å². The molecule has 2 heterocycles. The Morgan fingerprint density at radius 1 is 1.25 bits per heavy atom. The molecular formula is C18H20FN5O4. The Labute approximate surface area is 160 Å². The lowest BCUT2D eigenvalue weighted by atomic mass is 10.2. The molecule has 10 heteroatoms. The average molecular weight is 389 g/mol. The van der Waals surface area contributed by atoms with Crippen molar-refractivity contribution in [1.82, 2.24) is 20.3 Å². The fourth-order valence-electron chi connectivity index (χ4n) is 3.02. The number of nitrogens with two attached hydrogens (primary N) is 1. The second kappa shape index (κ2) is 8.17. The summed E-state index contributed by atoms with van der Waals surface area (Å²) in [6, 6.07) is 6.61. The highest BCUT2D eigenvalue weighted by atomic mass is 19.1. The molecule has 3 rings (SSSR count). The number of nitrogens with zero attached hydrogens (tertiary/aromatic N) is 3. The van der Waals surface area contributed by atoms with Crippen molar-refractivity contribution >= 4 is 17.7 Å². The molecule has 148 valence electrons. The van der Waals surface area contributed by atoms with Crippen LogP contribution in [0, 0.1) is 12.7 Å². The highest BCUT2D eigenvalue weighted by molar-refractivity contribution is 6.01. The first-order valence-electron chi connectivity index (χ1n) is 8.71. The molecule has 1 saturated heterocycles. The van der Waals surface area contributed by atoms with Crippen molar-refractivity contribution in [1.29, 1.82) is 0 Å². The van der Waals surface area contributed by atoms with E-state index in [0.29, 0.717) is 5.76 Å². The largest absolute Gasteiger partial charge is 0.361 e. The minimum Gasteiger partial charge on any atom is -0.361 e. The fraction of sp³-hybridized carbons (Fsp3) is 0.333. The van der Waals surface area contributed by atoms with Gasteiger partial charge in [-0.1, -0.05) is 11.2 Å². The first-order chi connectivity index (χ1) is 13.4. The zero-order valence-electron chi connectivity index (χ0n) is 15.2. The van der Waals surface area contributed by atoms with Gasteiger partial charge in [-0.15, -0.1) is 0 Å². The standard InChI is InChI=1S/C18H20FN5O4/c1-11-9-14(22-28-11)18(27)24-8-7-23(16(24)15(25)21-6-5-20)17(26)12-3-2-4-13(19)10-12/h2-4,9-10,16H,5-8,20H2,1H3,(H,21,25). The van der Waals surface area contributed by atoms with Gasteiger partial charge in [0.15, 0.2) is 11.9 Å². The number of nitrogens with one attached hydrogen (secondary N) is 1. The minimum atomic E-state index is -1.20. The first-order valence-corrected chi connectivity index (χ1v) is 8.71. The van der Waals surface area contributed by atoms with Gasteiger partial charge in [0, 0.05) is 37.8 Å². The van der Waals surface area contributed by atoms with Crippen LogP contribution >= 0.6 is 0 Å². The van der Waals surface area contributed by atoms with Crippen molar-refractivity contribution in [2.45, 2.75) is 13.1 Å². The van der Waals surface area contributed by atoms with E-state index in [-0.39, 0.29) is 37.4 Å². The van der Waals surface area contributed by atoms with Crippen molar-refractivity contribution in [2.75, 3.05) is 26.2 Å². The number of aryl methyl sites for hydroxylation is 1. The molecule has 0 spiro atoms. The van der Waals surface area contributed by atoms with Crippen LogP contribution in [-0.4, -0.2) is 65.0 Å². The average Bonchev–Trinajstić information content (AvgIpc) is 3.31. The number of rotatable bonds is 5. The number of benzene rings is 1. The van der Waals surface area contributed by atoms with Crippen LogP contribution < -0.4 is 11.1 Å². The van der Waals surface area contributed by atoms with Crippen LogP contribution in [0.15, 0.2) is 34.9 Å². The molecule has 1 aliphatic rings. The number of hydrogen-bond acceptors (Lipinski definition) is 6. The summed E-state index contributed by atoms with van der Waals surface area (Å²) in [5, 5.41) is 6.28. The molecule has 0 radical (unpaired) electrons. The molecule has 0 aliphatic carbocycles. The summed E-state index contributed by atoms with van der Waals surface area (Å²) >= 11 is 0. The summed E-state index contributed by atoms with van der Waals surface area (Å²) in [5.74, 6) is -1.78. The van der Waals surface area contributed by atoms with E-state index in [4.69, 9.17) is 10.3 Å². The molecule has 1 atom stereocenters. The Kier molecular flexibility index (Phi) is 5.69. The van der Waals surface area contributed by atoms with Gasteiger partial charge < -0.3 is 25.4 Å². The van der Waals surface area contributed by atoms with E-state index in [1.54, 1.807) is 6.92 Å². The molecule has 9 nitrogen and oxygen atoms in total. The van der Waals surface area contributed by atoms with Crippen LogP contribution in [0.4, 0.5) is 4.39 Å². The van der Waals surface area contributed by atoms with Gasteiger partial charge in [0.05, 0.1) is 0 Å². The number of halogens is 1. The summed E-state index contributed by atoms with van der Waals surface area (Å²) in [4.78, 5) is 40.8. The predicted molar refractivity (Wildman–Crippen MR) is 95.6 cm³/mol. The number of hydrogen-bond donors (Lipinski definition) is 2. The third-order valence-corrected chi connectivity index (χ3v) is 4.29. The van der Waals surface area contributed by atoms with E-state index in [1.807, 2.05) is 0 Å². The zero-order valence-corrected chi connectivity index (χ0v) is 15.2. The molecule has 1 aliphatic heterocycles. The molecule has 1 aromatic carbocycles. The molecule has 0 saturated carbocycles. The Morgan fingerprint density at radius 3 is 2.57 bits per heavy atom. The summed E-state index contributed by atoms with van der Waals surface area (Å²) in [6.07, 6.45) is -1.20. The van der Waals surface area contributed by atoms with Crippen LogP contribution in [-0.2, 0) is 4.79 Å². The third-order valence-electron chi connectivity index (χ3n) is 4.29. The van der Waals surface area contributed by atoms with Crippen molar-refractivity contribution in [3.8, 4) is 0 Å². The Bertz CT molecular complexity index is 900. The first kappa shape index (κ1) is 19.5. The third kappa shape index (κ3) is 3.86. The molecule has 2 aromatic rings. The van der Waals surface area contributed by atoms with Gasteiger partial charge in [-0.3, -0.25) is 14.4 Å². The highest BCUT2D eigenvalue weighted by Gasteiger charge is 2.43. The van der Waals surface area contributed by atoms with Crippen LogP contribution in [0.3, 0.4) is 0 Å². The van der Waals surface area contributed by atoms with Gasteiger partial charge in [-0.05, 0) is 25.1 Å². The lowest BCUT2D eigenvalue weighted by Gasteiger charge is -2.28. The quantitative estimate of drug-likeness (QED) is 0.749. The minimum absolute atomic E-state index is 0.0363. The van der Waals surface area contributed by atoms with Crippen LogP contribution in [0.25, 0.3) is 0 Å². The molecule has 3 amide bonds. The topological polar surface area (TPSA) is 122 Å². The van der Waals surface area contributed by atoms with Crippen molar-refractivity contribution < 1.29 is 23.3 Å². The lowest BCUT2D eigenvalue weighted by Crippen LogP contribution is -2.54. The van der Waals surface area contributed by atoms with Gasteiger partial charge in [0.25, 0.3) is 17.7 Å². The van der Waals surface area contributed by atoms with Gasteiger partial charge in [0.1, 0.15) is 11.6 Å². The van der Waals surface area contributed by atoms with Crippen LogP contribution in [0.2, 0.25) is 0 Å². The fourth-order valence-corrected chi connectivity index (χ4v) is 3.02. The second-order valence-corrected chi connectivity index (χ2v) is 6.28. The predicted octanol–water partition coefficient (Wildman–Crippen LogP) is 0.121. The van der Waals surface area contributed by atoms with Gasteiger partial charge >= 0.3 is 0 Å². The van der Waals surface area contributed by atoms with Gasteiger partial charge in [-0.25, -0.2) is 4.39 Å². The SMILES string of the molecule is Cc1cc(C(=O)N2CCN(C(=O)c3cccc(F)c3)C2C(=O)NCCN)no1. The summed E-state index contributed by atoms with van der Waals surface area (Å²) in [6.45, 7) is 2.25. The Hall–Kier alpha value is -3.27. The van der Waals surface area contributed by atoms with Crippen LogP contribution in [0.1, 0.15) is 26.6 Å². The van der Waals surface area contributed by atoms with E-state index in [9.17, 15) is 18.8 Å². The lowest BCUT2D eigenvalue weighted by molar-refractivity contribution is -0.128. The van der Waals surface area contributed by atoms with Crippen molar-refractivity contribution in [3.63, 3.8) is 0 Å². The van der Waals surface area contributed by atoms with E-state index in [1.165, 1.54) is 34.1 Å². The highest BCUT2D eigenvalue weighted by Crippen LogP contribution is 2.21. The number of amides is 3. The normalized spacial score (nSPS) is 16.3. The zero-order chi connectivity index (χ0) is 20.3. The molecule has 0 bridgehead atoms. The van der Waals surface area contributed by atoms with E-state index >= 15 is 0 Å². The Balaban J connectivity index is 1.90. The summed E-state index contributed by atoms with van der Waals surface area (Å²) in [5.41, 5.74) is 5.55.